The zero-order chi connectivity index (χ0) is 10.4. The molecular weight excluding hydrogens is 176 g/mol. The van der Waals surface area contributed by atoms with Crippen LogP contribution in [0.2, 0.25) is 0 Å². The number of aromatic nitrogens is 2. The van der Waals surface area contributed by atoms with E-state index in [0.29, 0.717) is 11.8 Å². The molecule has 0 aliphatic carbocycles. The highest BCUT2D eigenvalue weighted by Gasteiger charge is 2.14. The summed E-state index contributed by atoms with van der Waals surface area (Å²) in [6, 6.07) is 0. The summed E-state index contributed by atoms with van der Waals surface area (Å²) in [6.07, 6.45) is 6.08. The van der Waals surface area contributed by atoms with Crippen molar-refractivity contribution in [1.82, 2.24) is 10.2 Å². The molecule has 1 rings (SSSR count). The summed E-state index contributed by atoms with van der Waals surface area (Å²) >= 11 is 0. The molecule has 0 aliphatic heterocycles. The van der Waals surface area contributed by atoms with E-state index >= 15 is 0 Å². The third kappa shape index (κ3) is 3.13. The molecule has 0 bridgehead atoms. The second-order valence-corrected chi connectivity index (χ2v) is 3.76. The molecule has 3 heteroatoms. The van der Waals surface area contributed by atoms with Crippen LogP contribution in [0.1, 0.15) is 63.7 Å². The van der Waals surface area contributed by atoms with Crippen LogP contribution in [-0.4, -0.2) is 10.2 Å². The maximum absolute atomic E-state index is 5.44. The lowest BCUT2D eigenvalue weighted by atomic mass is 9.99. The Kier molecular flexibility index (Phi) is 4.63. The van der Waals surface area contributed by atoms with Gasteiger partial charge in [0.2, 0.25) is 11.8 Å². The zero-order valence-electron chi connectivity index (χ0n) is 9.42. The van der Waals surface area contributed by atoms with E-state index in [2.05, 4.69) is 24.0 Å². The molecule has 1 heterocycles. The smallest absolute Gasteiger partial charge is 0.219 e. The molecule has 0 saturated heterocycles. The van der Waals surface area contributed by atoms with Crippen molar-refractivity contribution in [2.75, 3.05) is 0 Å². The van der Waals surface area contributed by atoms with Gasteiger partial charge in [0.05, 0.1) is 0 Å². The Hall–Kier alpha value is -0.860. The lowest BCUT2D eigenvalue weighted by Gasteiger charge is -2.08. The topological polar surface area (TPSA) is 38.9 Å². The summed E-state index contributed by atoms with van der Waals surface area (Å²) in [6.45, 7) is 6.24. The van der Waals surface area contributed by atoms with Gasteiger partial charge in [-0.2, -0.15) is 0 Å². The zero-order valence-corrected chi connectivity index (χ0v) is 9.42. The van der Waals surface area contributed by atoms with Gasteiger partial charge in [-0.3, -0.25) is 0 Å². The van der Waals surface area contributed by atoms with E-state index in [1.807, 2.05) is 6.92 Å². The Morgan fingerprint density at radius 1 is 1.21 bits per heavy atom. The Balaban J connectivity index is 2.45. The summed E-state index contributed by atoms with van der Waals surface area (Å²) < 4.78 is 5.44. The van der Waals surface area contributed by atoms with Gasteiger partial charge >= 0.3 is 0 Å². The fourth-order valence-electron chi connectivity index (χ4n) is 1.62. The molecule has 0 saturated carbocycles. The number of hydrogen-bond donors (Lipinski definition) is 0. The van der Waals surface area contributed by atoms with E-state index in [1.165, 1.54) is 25.7 Å². The molecule has 0 spiro atoms. The number of unbranched alkanes of at least 4 members (excludes halogenated alkanes) is 2. The predicted molar refractivity (Wildman–Crippen MR) is 56.2 cm³/mol. The maximum Gasteiger partial charge on any atom is 0.219 e. The number of nitrogens with zero attached hydrogens (tertiary/aromatic N) is 2. The van der Waals surface area contributed by atoms with Crippen LogP contribution >= 0.6 is 0 Å². The van der Waals surface area contributed by atoms with Crippen LogP contribution in [0.25, 0.3) is 0 Å². The molecule has 1 aromatic rings. The molecule has 3 nitrogen and oxygen atoms in total. The average molecular weight is 196 g/mol. The molecule has 80 valence electrons. The molecule has 0 aliphatic rings. The van der Waals surface area contributed by atoms with Crippen molar-refractivity contribution in [2.24, 2.45) is 0 Å². The van der Waals surface area contributed by atoms with Crippen molar-refractivity contribution in [1.29, 1.82) is 0 Å². The van der Waals surface area contributed by atoms with Crippen LogP contribution in [0.5, 0.6) is 0 Å². The van der Waals surface area contributed by atoms with Crippen molar-refractivity contribution in [3.8, 4) is 0 Å². The normalized spacial score (nSPS) is 13.1. The quantitative estimate of drug-likeness (QED) is 0.654. The molecule has 1 unspecified atom stereocenters. The van der Waals surface area contributed by atoms with E-state index in [-0.39, 0.29) is 0 Å². The summed E-state index contributed by atoms with van der Waals surface area (Å²) in [5.41, 5.74) is 0. The van der Waals surface area contributed by atoms with Gasteiger partial charge in [-0.25, -0.2) is 0 Å². The summed E-state index contributed by atoms with van der Waals surface area (Å²) in [4.78, 5) is 0. The monoisotopic (exact) mass is 196 g/mol. The van der Waals surface area contributed by atoms with Gasteiger partial charge in [-0.1, -0.05) is 33.1 Å². The molecule has 14 heavy (non-hydrogen) atoms. The molecule has 0 radical (unpaired) electrons. The van der Waals surface area contributed by atoms with Gasteiger partial charge < -0.3 is 4.42 Å². The van der Waals surface area contributed by atoms with Crippen molar-refractivity contribution in [2.45, 2.75) is 58.8 Å². The first-order chi connectivity index (χ1) is 6.77. The first-order valence-corrected chi connectivity index (χ1v) is 5.57. The summed E-state index contributed by atoms with van der Waals surface area (Å²) in [7, 11) is 0. The molecular formula is C11H20N2O. The van der Waals surface area contributed by atoms with Gasteiger partial charge in [0, 0.05) is 12.8 Å². The lowest BCUT2D eigenvalue weighted by molar-refractivity contribution is 0.400. The molecule has 1 atom stereocenters. The SMILES string of the molecule is CCCCCC(CC)c1nnc(C)o1. The van der Waals surface area contributed by atoms with Gasteiger partial charge in [-0.05, 0) is 12.8 Å². The Bertz CT molecular complexity index is 258. The molecule has 0 aromatic carbocycles. The second kappa shape index (κ2) is 5.78. The Labute approximate surface area is 85.9 Å². The maximum atomic E-state index is 5.44. The average Bonchev–Trinajstić information content (AvgIpc) is 2.60. The minimum absolute atomic E-state index is 0.461. The van der Waals surface area contributed by atoms with Gasteiger partial charge in [0.15, 0.2) is 0 Å². The number of aryl methyl sites for hydroxylation is 1. The molecule has 0 amide bonds. The minimum atomic E-state index is 0.461. The third-order valence-electron chi connectivity index (χ3n) is 2.54. The van der Waals surface area contributed by atoms with Crippen LogP contribution in [0.15, 0.2) is 4.42 Å². The molecule has 0 fully saturated rings. The summed E-state index contributed by atoms with van der Waals surface area (Å²) in [5.74, 6) is 1.96. The standard InChI is InChI=1S/C11H20N2O/c1-4-6-7-8-10(5-2)11-13-12-9(3)14-11/h10H,4-8H2,1-3H3. The number of hydrogen-bond acceptors (Lipinski definition) is 3. The van der Waals surface area contributed by atoms with Gasteiger partial charge in [0.1, 0.15) is 0 Å². The highest BCUT2D eigenvalue weighted by molar-refractivity contribution is 4.89. The Morgan fingerprint density at radius 2 is 2.00 bits per heavy atom. The first kappa shape index (κ1) is 11.2. The van der Waals surface area contributed by atoms with Gasteiger partial charge in [0.25, 0.3) is 0 Å². The van der Waals surface area contributed by atoms with Crippen LogP contribution in [-0.2, 0) is 0 Å². The highest BCUT2D eigenvalue weighted by Crippen LogP contribution is 2.24. The van der Waals surface area contributed by atoms with Crippen LogP contribution in [0.3, 0.4) is 0 Å². The van der Waals surface area contributed by atoms with Crippen molar-refractivity contribution < 1.29 is 4.42 Å². The third-order valence-corrected chi connectivity index (χ3v) is 2.54. The largest absolute Gasteiger partial charge is 0.425 e. The fraction of sp³-hybridized carbons (Fsp3) is 0.818. The fourth-order valence-corrected chi connectivity index (χ4v) is 1.62. The van der Waals surface area contributed by atoms with Crippen molar-refractivity contribution >= 4 is 0 Å². The van der Waals surface area contributed by atoms with Crippen molar-refractivity contribution in [3.05, 3.63) is 11.8 Å². The van der Waals surface area contributed by atoms with E-state index in [9.17, 15) is 0 Å². The van der Waals surface area contributed by atoms with Crippen LogP contribution in [0.4, 0.5) is 0 Å². The van der Waals surface area contributed by atoms with E-state index in [1.54, 1.807) is 0 Å². The summed E-state index contributed by atoms with van der Waals surface area (Å²) in [5, 5.41) is 7.95. The lowest BCUT2D eigenvalue weighted by Crippen LogP contribution is -1.98. The predicted octanol–water partition coefficient (Wildman–Crippen LogP) is 3.45. The second-order valence-electron chi connectivity index (χ2n) is 3.76. The molecule has 1 aromatic heterocycles. The molecule has 0 N–H and O–H groups in total. The van der Waals surface area contributed by atoms with Crippen LogP contribution < -0.4 is 0 Å². The Morgan fingerprint density at radius 3 is 2.50 bits per heavy atom. The van der Waals surface area contributed by atoms with Crippen LogP contribution in [0, 0.1) is 6.92 Å². The van der Waals surface area contributed by atoms with E-state index < -0.39 is 0 Å². The highest BCUT2D eigenvalue weighted by atomic mass is 16.4. The van der Waals surface area contributed by atoms with E-state index in [0.717, 1.165) is 12.3 Å². The number of rotatable bonds is 6. The minimum Gasteiger partial charge on any atom is -0.425 e. The van der Waals surface area contributed by atoms with Gasteiger partial charge in [-0.15, -0.1) is 10.2 Å². The first-order valence-electron chi connectivity index (χ1n) is 5.57. The van der Waals surface area contributed by atoms with Crippen molar-refractivity contribution in [3.63, 3.8) is 0 Å². The van der Waals surface area contributed by atoms with E-state index in [4.69, 9.17) is 4.42 Å².